The number of hydrogen-bond donors (Lipinski definition) is 4. The van der Waals surface area contributed by atoms with Crippen LogP contribution >= 0.6 is 0 Å². The lowest BCUT2D eigenvalue weighted by Crippen LogP contribution is -2.43. The number of nitrogens with zero attached hydrogens (tertiary/aromatic N) is 2. The fourth-order valence-corrected chi connectivity index (χ4v) is 4.01. The van der Waals surface area contributed by atoms with Gasteiger partial charge in [0.25, 0.3) is 5.91 Å². The van der Waals surface area contributed by atoms with Gasteiger partial charge in [0.1, 0.15) is 17.4 Å². The molecule has 1 aliphatic rings. The number of nitrogens with one attached hydrogen (secondary N) is 2. The molecule has 1 fully saturated rings. The number of carbonyl (C=O) groups excluding carboxylic acids is 1. The van der Waals surface area contributed by atoms with Crippen LogP contribution in [0.1, 0.15) is 36.0 Å². The van der Waals surface area contributed by atoms with Crippen molar-refractivity contribution in [3.8, 4) is 17.0 Å². The van der Waals surface area contributed by atoms with Crippen LogP contribution in [0.25, 0.3) is 11.3 Å². The molecule has 10 heteroatoms. The number of hydrogen-bond acceptors (Lipinski definition) is 7. The van der Waals surface area contributed by atoms with Crippen molar-refractivity contribution in [1.29, 1.82) is 0 Å². The maximum Gasteiger partial charge on any atom is 0.252 e. The molecule has 0 saturated heterocycles. The van der Waals surface area contributed by atoms with E-state index in [9.17, 15) is 13.6 Å². The number of primary amides is 1. The van der Waals surface area contributed by atoms with E-state index in [1.54, 1.807) is 12.1 Å². The Balaban J connectivity index is 1.66. The Morgan fingerprint density at radius 1 is 1.09 bits per heavy atom. The van der Waals surface area contributed by atoms with E-state index in [1.165, 1.54) is 31.5 Å². The molecular formula is C24H26F2N6O2. The van der Waals surface area contributed by atoms with Crippen molar-refractivity contribution >= 4 is 23.2 Å². The smallest absolute Gasteiger partial charge is 0.252 e. The minimum Gasteiger partial charge on any atom is -0.497 e. The van der Waals surface area contributed by atoms with E-state index >= 15 is 0 Å². The number of rotatable bonds is 7. The van der Waals surface area contributed by atoms with Gasteiger partial charge in [-0.2, -0.15) is 0 Å². The summed E-state index contributed by atoms with van der Waals surface area (Å²) in [5.41, 5.74) is 12.5. The molecule has 6 N–H and O–H groups in total. The average molecular weight is 469 g/mol. The van der Waals surface area contributed by atoms with Crippen LogP contribution in [0.3, 0.4) is 0 Å². The lowest BCUT2D eigenvalue weighted by Gasteiger charge is -2.30. The number of halogens is 2. The van der Waals surface area contributed by atoms with Crippen LogP contribution in [0.5, 0.6) is 5.75 Å². The van der Waals surface area contributed by atoms with Gasteiger partial charge in [0.05, 0.1) is 18.4 Å². The van der Waals surface area contributed by atoms with Gasteiger partial charge < -0.3 is 26.8 Å². The third-order valence-corrected chi connectivity index (χ3v) is 5.86. The fraction of sp³-hybridized carbons (Fsp3) is 0.292. The quantitative estimate of drug-likeness (QED) is 0.413. The van der Waals surface area contributed by atoms with Gasteiger partial charge in [0, 0.05) is 29.5 Å². The largest absolute Gasteiger partial charge is 0.497 e. The number of carbonyl (C=O) groups is 1. The summed E-state index contributed by atoms with van der Waals surface area (Å²) >= 11 is 0. The predicted octanol–water partition coefficient (Wildman–Crippen LogP) is 3.95. The summed E-state index contributed by atoms with van der Waals surface area (Å²) in [6.07, 6.45) is 5.12. The van der Waals surface area contributed by atoms with Gasteiger partial charge in [0.15, 0.2) is 11.6 Å². The van der Waals surface area contributed by atoms with Crippen molar-refractivity contribution in [2.45, 2.75) is 37.8 Å². The zero-order valence-electron chi connectivity index (χ0n) is 18.6. The van der Waals surface area contributed by atoms with Crippen LogP contribution in [-0.2, 0) is 0 Å². The molecule has 2 heterocycles. The Bertz CT molecular complexity index is 1210. The standard InChI is InChI=1S/C24H26F2N6O2/c1-34-14-6-7-17(25)15(11-14)21-10-13(8-9-29-21)30-23-16(22(28)33)12-18(26)24(32-23)31-20-5-3-2-4-19(20)27/h6-12,19-20H,2-5,27H2,1H3,(H2,28,33)(H2,29,30,31,32). The Morgan fingerprint density at radius 2 is 1.88 bits per heavy atom. The van der Waals surface area contributed by atoms with Gasteiger partial charge >= 0.3 is 0 Å². The second-order valence-corrected chi connectivity index (χ2v) is 8.18. The van der Waals surface area contributed by atoms with E-state index in [0.29, 0.717) is 17.1 Å². The molecule has 4 rings (SSSR count). The maximum atomic E-state index is 14.7. The monoisotopic (exact) mass is 468 g/mol. The third kappa shape index (κ3) is 5.07. The molecule has 1 amide bonds. The molecule has 2 aromatic heterocycles. The first-order valence-electron chi connectivity index (χ1n) is 10.9. The minimum atomic E-state index is -0.845. The number of aromatic nitrogens is 2. The molecule has 34 heavy (non-hydrogen) atoms. The van der Waals surface area contributed by atoms with Crippen LogP contribution in [0, 0.1) is 11.6 Å². The van der Waals surface area contributed by atoms with Crippen molar-refractivity contribution in [1.82, 2.24) is 9.97 Å². The Kier molecular flexibility index (Phi) is 6.87. The second kappa shape index (κ2) is 10.0. The molecule has 1 aromatic carbocycles. The molecule has 1 aliphatic carbocycles. The van der Waals surface area contributed by atoms with E-state index in [4.69, 9.17) is 16.2 Å². The van der Waals surface area contributed by atoms with Gasteiger partial charge in [-0.1, -0.05) is 12.8 Å². The summed E-state index contributed by atoms with van der Waals surface area (Å²) in [5.74, 6) is -1.51. The maximum absolute atomic E-state index is 14.7. The van der Waals surface area contributed by atoms with E-state index in [2.05, 4.69) is 20.6 Å². The Labute approximate surface area is 195 Å². The summed E-state index contributed by atoms with van der Waals surface area (Å²) < 4.78 is 34.3. The van der Waals surface area contributed by atoms with Crippen LogP contribution in [-0.4, -0.2) is 35.1 Å². The first-order chi connectivity index (χ1) is 16.4. The molecule has 2 unspecified atom stereocenters. The molecule has 3 aromatic rings. The van der Waals surface area contributed by atoms with Gasteiger partial charge in [-0.05, 0) is 49.2 Å². The highest BCUT2D eigenvalue weighted by Gasteiger charge is 2.24. The van der Waals surface area contributed by atoms with Crippen molar-refractivity contribution in [3.05, 3.63) is 59.8 Å². The van der Waals surface area contributed by atoms with Crippen molar-refractivity contribution < 1.29 is 18.3 Å². The molecule has 0 spiro atoms. The van der Waals surface area contributed by atoms with E-state index in [0.717, 1.165) is 31.7 Å². The molecule has 2 atom stereocenters. The lowest BCUT2D eigenvalue weighted by atomic mass is 9.91. The summed E-state index contributed by atoms with van der Waals surface area (Å²) in [6, 6.07) is 8.31. The van der Waals surface area contributed by atoms with Crippen molar-refractivity contribution in [3.63, 3.8) is 0 Å². The third-order valence-electron chi connectivity index (χ3n) is 5.86. The number of amides is 1. The number of nitrogens with two attached hydrogens (primary N) is 2. The molecule has 1 saturated carbocycles. The number of pyridine rings is 2. The zero-order chi connectivity index (χ0) is 24.2. The van der Waals surface area contributed by atoms with E-state index in [1.807, 2.05) is 0 Å². The van der Waals surface area contributed by atoms with Crippen LogP contribution in [0.2, 0.25) is 0 Å². The number of benzene rings is 1. The van der Waals surface area contributed by atoms with Gasteiger partial charge in [-0.15, -0.1) is 0 Å². The van der Waals surface area contributed by atoms with Crippen LogP contribution < -0.4 is 26.8 Å². The summed E-state index contributed by atoms with van der Waals surface area (Å²) in [5, 5.41) is 6.05. The first kappa shape index (κ1) is 23.4. The van der Waals surface area contributed by atoms with E-state index < -0.39 is 17.5 Å². The molecular weight excluding hydrogens is 442 g/mol. The van der Waals surface area contributed by atoms with Gasteiger partial charge in [-0.25, -0.2) is 13.8 Å². The number of methoxy groups -OCH3 is 1. The summed E-state index contributed by atoms with van der Waals surface area (Å²) in [7, 11) is 1.49. The summed E-state index contributed by atoms with van der Waals surface area (Å²) in [4.78, 5) is 20.5. The lowest BCUT2D eigenvalue weighted by molar-refractivity contribution is 0.100. The van der Waals surface area contributed by atoms with E-state index in [-0.39, 0.29) is 34.8 Å². The summed E-state index contributed by atoms with van der Waals surface area (Å²) in [6.45, 7) is 0. The van der Waals surface area contributed by atoms with Crippen LogP contribution in [0.4, 0.5) is 26.1 Å². The highest BCUT2D eigenvalue weighted by molar-refractivity contribution is 5.98. The molecule has 0 bridgehead atoms. The SMILES string of the molecule is COc1ccc(F)c(-c2cc(Nc3nc(NC4CCCCC4N)c(F)cc3C(N)=O)ccn2)c1. The number of anilines is 3. The topological polar surface area (TPSA) is 128 Å². The fourth-order valence-electron chi connectivity index (χ4n) is 4.01. The van der Waals surface area contributed by atoms with Crippen molar-refractivity contribution in [2.24, 2.45) is 11.5 Å². The molecule has 0 aliphatic heterocycles. The predicted molar refractivity (Wildman–Crippen MR) is 126 cm³/mol. The highest BCUT2D eigenvalue weighted by Crippen LogP contribution is 2.30. The zero-order valence-corrected chi connectivity index (χ0v) is 18.6. The molecule has 178 valence electrons. The van der Waals surface area contributed by atoms with Crippen molar-refractivity contribution in [2.75, 3.05) is 17.7 Å². The second-order valence-electron chi connectivity index (χ2n) is 8.18. The highest BCUT2D eigenvalue weighted by atomic mass is 19.1. The average Bonchev–Trinajstić information content (AvgIpc) is 2.82. The van der Waals surface area contributed by atoms with Gasteiger partial charge in [0.2, 0.25) is 0 Å². The van der Waals surface area contributed by atoms with Crippen LogP contribution in [0.15, 0.2) is 42.6 Å². The van der Waals surface area contributed by atoms with Gasteiger partial charge in [-0.3, -0.25) is 9.78 Å². The Morgan fingerprint density at radius 3 is 2.62 bits per heavy atom. The molecule has 8 nitrogen and oxygen atoms in total. The molecule has 0 radical (unpaired) electrons. The number of ether oxygens (including phenoxy) is 1. The normalized spacial score (nSPS) is 17.8. The minimum absolute atomic E-state index is 0.0250. The first-order valence-corrected chi connectivity index (χ1v) is 10.9. The Hall–Kier alpha value is -3.79.